The van der Waals surface area contributed by atoms with Crippen LogP contribution in [-0.4, -0.2) is 79.8 Å². The molecular weight excluding hydrogens is 376 g/mol. The first kappa shape index (κ1) is 19.3. The summed E-state index contributed by atoms with van der Waals surface area (Å²) in [4.78, 5) is 25.4. The fraction of sp³-hybridized carbons (Fsp3) is 0.412. The first-order chi connectivity index (χ1) is 12.8. The molecule has 1 aromatic heterocycles. The fourth-order valence-electron chi connectivity index (χ4n) is 3.02. The SMILES string of the molecule is CS(=O)(=O)N(CC(=O)O)CC1CN(C(=O)c2coc3ccccc23)CCO1. The number of sulfonamides is 1. The van der Waals surface area contributed by atoms with Crippen molar-refractivity contribution in [3.63, 3.8) is 0 Å². The van der Waals surface area contributed by atoms with Gasteiger partial charge in [0.1, 0.15) is 18.4 Å². The highest BCUT2D eigenvalue weighted by molar-refractivity contribution is 7.88. The van der Waals surface area contributed by atoms with Crippen LogP contribution in [0.1, 0.15) is 10.4 Å². The molecule has 3 rings (SSSR count). The number of ether oxygens (including phenoxy) is 1. The second kappa shape index (κ2) is 7.67. The number of carbonyl (C=O) groups is 2. The van der Waals surface area contributed by atoms with Gasteiger partial charge < -0.3 is 19.2 Å². The van der Waals surface area contributed by atoms with Crippen molar-refractivity contribution < 1.29 is 32.3 Å². The Labute approximate surface area is 156 Å². The van der Waals surface area contributed by atoms with E-state index in [4.69, 9.17) is 14.3 Å². The summed E-state index contributed by atoms with van der Waals surface area (Å²) in [5, 5.41) is 9.62. The number of aliphatic carboxylic acids is 1. The van der Waals surface area contributed by atoms with Crippen LogP contribution >= 0.6 is 0 Å². The topological polar surface area (TPSA) is 117 Å². The Kier molecular flexibility index (Phi) is 5.49. The Bertz CT molecular complexity index is 953. The molecule has 1 atom stereocenters. The van der Waals surface area contributed by atoms with Gasteiger partial charge in [-0.15, -0.1) is 0 Å². The Balaban J connectivity index is 1.73. The molecule has 1 aromatic carbocycles. The molecule has 9 nitrogen and oxygen atoms in total. The summed E-state index contributed by atoms with van der Waals surface area (Å²) in [7, 11) is -3.72. The van der Waals surface area contributed by atoms with Crippen molar-refractivity contribution in [2.24, 2.45) is 0 Å². The van der Waals surface area contributed by atoms with Crippen LogP contribution in [0, 0.1) is 0 Å². The van der Waals surface area contributed by atoms with Crippen molar-refractivity contribution in [3.05, 3.63) is 36.1 Å². The summed E-state index contributed by atoms with van der Waals surface area (Å²) in [6, 6.07) is 7.19. The lowest BCUT2D eigenvalue weighted by Crippen LogP contribution is -2.51. The summed E-state index contributed by atoms with van der Waals surface area (Å²) < 4.78 is 35.4. The van der Waals surface area contributed by atoms with Gasteiger partial charge in [0.2, 0.25) is 10.0 Å². The minimum absolute atomic E-state index is 0.138. The molecule has 1 aliphatic rings. The molecule has 10 heteroatoms. The van der Waals surface area contributed by atoms with Crippen LogP contribution in [0.25, 0.3) is 11.0 Å². The van der Waals surface area contributed by atoms with Crippen molar-refractivity contribution >= 4 is 32.9 Å². The Morgan fingerprint density at radius 3 is 2.78 bits per heavy atom. The zero-order valence-corrected chi connectivity index (χ0v) is 15.5. The van der Waals surface area contributed by atoms with Gasteiger partial charge in [0.05, 0.1) is 24.5 Å². The lowest BCUT2D eigenvalue weighted by atomic mass is 10.1. The average Bonchev–Trinajstić information content (AvgIpc) is 3.04. The lowest BCUT2D eigenvalue weighted by Gasteiger charge is -2.34. The summed E-state index contributed by atoms with van der Waals surface area (Å²) in [5.74, 6) is -1.49. The second-order valence-electron chi connectivity index (χ2n) is 6.34. The molecule has 2 heterocycles. The molecule has 0 radical (unpaired) electrons. The number of benzene rings is 1. The summed E-state index contributed by atoms with van der Waals surface area (Å²) in [5.41, 5.74) is 1.03. The number of nitrogens with zero attached hydrogens (tertiary/aromatic N) is 2. The van der Waals surface area contributed by atoms with E-state index < -0.39 is 28.6 Å². The van der Waals surface area contributed by atoms with E-state index in [-0.39, 0.29) is 25.6 Å². The Morgan fingerprint density at radius 1 is 1.33 bits per heavy atom. The molecule has 1 aliphatic heterocycles. The molecule has 0 bridgehead atoms. The summed E-state index contributed by atoms with van der Waals surface area (Å²) in [6.45, 7) is -0.0481. The third-order valence-corrected chi connectivity index (χ3v) is 5.54. The molecule has 1 saturated heterocycles. The van der Waals surface area contributed by atoms with Crippen LogP contribution in [-0.2, 0) is 19.6 Å². The average molecular weight is 396 g/mol. The van der Waals surface area contributed by atoms with E-state index in [1.807, 2.05) is 12.1 Å². The van der Waals surface area contributed by atoms with Crippen LogP contribution in [0.15, 0.2) is 34.9 Å². The smallest absolute Gasteiger partial charge is 0.318 e. The standard InChI is InChI=1S/C17H20N2O7S/c1-27(23,24)19(10-16(20)21)9-12-8-18(6-7-25-12)17(22)14-11-26-15-5-3-2-4-13(14)15/h2-5,11-12H,6-10H2,1H3,(H,20,21). The van der Waals surface area contributed by atoms with Crippen LogP contribution in [0.3, 0.4) is 0 Å². The van der Waals surface area contributed by atoms with Crippen molar-refractivity contribution in [2.45, 2.75) is 6.10 Å². The van der Waals surface area contributed by atoms with E-state index in [1.54, 1.807) is 17.0 Å². The van der Waals surface area contributed by atoms with Crippen molar-refractivity contribution in [2.75, 3.05) is 39.0 Å². The maximum Gasteiger partial charge on any atom is 0.318 e. The molecule has 0 saturated carbocycles. The van der Waals surface area contributed by atoms with Crippen LogP contribution in [0.4, 0.5) is 0 Å². The van der Waals surface area contributed by atoms with Crippen LogP contribution in [0.5, 0.6) is 0 Å². The van der Waals surface area contributed by atoms with E-state index in [2.05, 4.69) is 0 Å². The van der Waals surface area contributed by atoms with E-state index >= 15 is 0 Å². The molecule has 1 unspecified atom stereocenters. The minimum Gasteiger partial charge on any atom is -0.480 e. The molecule has 0 spiro atoms. The van der Waals surface area contributed by atoms with E-state index in [9.17, 15) is 18.0 Å². The summed E-state index contributed by atoms with van der Waals surface area (Å²) >= 11 is 0. The molecule has 2 aromatic rings. The van der Waals surface area contributed by atoms with Gasteiger partial charge in [-0.25, -0.2) is 8.42 Å². The van der Waals surface area contributed by atoms with Gasteiger partial charge in [0, 0.05) is 25.0 Å². The third kappa shape index (κ3) is 4.46. The largest absolute Gasteiger partial charge is 0.480 e. The Morgan fingerprint density at radius 2 is 2.07 bits per heavy atom. The molecular formula is C17H20N2O7S. The molecule has 1 amide bonds. The highest BCUT2D eigenvalue weighted by Gasteiger charge is 2.31. The Hall–Kier alpha value is -2.43. The predicted molar refractivity (Wildman–Crippen MR) is 95.9 cm³/mol. The highest BCUT2D eigenvalue weighted by Crippen LogP contribution is 2.23. The van der Waals surface area contributed by atoms with Crippen molar-refractivity contribution in [1.82, 2.24) is 9.21 Å². The van der Waals surface area contributed by atoms with Gasteiger partial charge in [-0.3, -0.25) is 9.59 Å². The monoisotopic (exact) mass is 396 g/mol. The first-order valence-electron chi connectivity index (χ1n) is 8.29. The van der Waals surface area contributed by atoms with Gasteiger partial charge in [-0.1, -0.05) is 18.2 Å². The molecule has 146 valence electrons. The van der Waals surface area contributed by atoms with Gasteiger partial charge >= 0.3 is 5.97 Å². The second-order valence-corrected chi connectivity index (χ2v) is 8.32. The number of para-hydroxylation sites is 1. The van der Waals surface area contributed by atoms with Crippen LogP contribution < -0.4 is 0 Å². The number of rotatable bonds is 6. The normalized spacial score (nSPS) is 18.1. The van der Waals surface area contributed by atoms with E-state index in [1.165, 1.54) is 6.26 Å². The number of carboxylic acids is 1. The van der Waals surface area contributed by atoms with E-state index in [0.717, 1.165) is 10.6 Å². The van der Waals surface area contributed by atoms with Crippen LogP contribution in [0.2, 0.25) is 0 Å². The fourth-order valence-corrected chi connectivity index (χ4v) is 3.81. The number of carboxylic acid groups (broad SMARTS) is 1. The predicted octanol–water partition coefficient (Wildman–Crippen LogP) is 0.620. The highest BCUT2D eigenvalue weighted by atomic mass is 32.2. The first-order valence-corrected chi connectivity index (χ1v) is 10.1. The number of hydrogen-bond acceptors (Lipinski definition) is 6. The van der Waals surface area contributed by atoms with Gasteiger partial charge in [0.15, 0.2) is 0 Å². The number of furan rings is 1. The molecule has 1 fully saturated rings. The molecule has 27 heavy (non-hydrogen) atoms. The summed E-state index contributed by atoms with van der Waals surface area (Å²) in [6.07, 6.45) is 1.74. The zero-order chi connectivity index (χ0) is 19.6. The number of morpholine rings is 1. The third-order valence-electron chi connectivity index (χ3n) is 4.33. The minimum atomic E-state index is -3.72. The van der Waals surface area contributed by atoms with Gasteiger partial charge in [-0.2, -0.15) is 4.31 Å². The lowest BCUT2D eigenvalue weighted by molar-refractivity contribution is -0.137. The number of amides is 1. The van der Waals surface area contributed by atoms with Crippen molar-refractivity contribution in [3.8, 4) is 0 Å². The maximum absolute atomic E-state index is 12.9. The maximum atomic E-state index is 12.9. The number of carbonyl (C=O) groups excluding carboxylic acids is 1. The van der Waals surface area contributed by atoms with Gasteiger partial charge in [0.25, 0.3) is 5.91 Å². The van der Waals surface area contributed by atoms with E-state index in [0.29, 0.717) is 23.1 Å². The molecule has 1 N–H and O–H groups in total. The quantitative estimate of drug-likeness (QED) is 0.760. The zero-order valence-electron chi connectivity index (χ0n) is 14.7. The molecule has 0 aliphatic carbocycles. The number of hydrogen-bond donors (Lipinski definition) is 1. The van der Waals surface area contributed by atoms with Gasteiger partial charge in [-0.05, 0) is 6.07 Å². The number of fused-ring (bicyclic) bond motifs is 1. The van der Waals surface area contributed by atoms with Crippen molar-refractivity contribution in [1.29, 1.82) is 0 Å².